The molecule has 1 aromatic carbocycles. The number of nitrogens with one attached hydrogen (secondary N) is 1. The van der Waals surface area contributed by atoms with Crippen molar-refractivity contribution in [1.82, 2.24) is 4.72 Å². The fourth-order valence-corrected chi connectivity index (χ4v) is 2.38. The van der Waals surface area contributed by atoms with E-state index in [1.807, 2.05) is 0 Å². The van der Waals surface area contributed by atoms with Gasteiger partial charge in [0.2, 0.25) is 10.0 Å². The van der Waals surface area contributed by atoms with Crippen LogP contribution in [-0.4, -0.2) is 37.8 Å². The van der Waals surface area contributed by atoms with Crippen LogP contribution in [0, 0.1) is 0 Å². The Labute approximate surface area is 105 Å². The number of benzene rings is 1. The molecule has 0 radical (unpaired) electrons. The van der Waals surface area contributed by atoms with Crippen molar-refractivity contribution in [3.05, 3.63) is 29.8 Å². The summed E-state index contributed by atoms with van der Waals surface area (Å²) < 4.78 is 25.9. The van der Waals surface area contributed by atoms with Gasteiger partial charge in [0.25, 0.3) is 0 Å². The van der Waals surface area contributed by atoms with Gasteiger partial charge in [0.05, 0.1) is 10.5 Å². The molecule has 0 bridgehead atoms. The topological polar surface area (TPSA) is 104 Å². The molecule has 3 N–H and O–H groups in total. The maximum atomic E-state index is 11.8. The number of hydrogen-bond acceptors (Lipinski definition) is 4. The molecule has 0 atom stereocenters. The summed E-state index contributed by atoms with van der Waals surface area (Å²) in [7, 11) is -3.61. The summed E-state index contributed by atoms with van der Waals surface area (Å²) in [5, 5.41) is 17.3. The van der Waals surface area contributed by atoms with E-state index in [4.69, 9.17) is 10.2 Å². The molecule has 0 amide bonds. The van der Waals surface area contributed by atoms with E-state index in [2.05, 4.69) is 4.72 Å². The molecule has 1 aromatic rings. The largest absolute Gasteiger partial charge is 0.478 e. The smallest absolute Gasteiger partial charge is 0.335 e. The Morgan fingerprint density at radius 3 is 2.28 bits per heavy atom. The third kappa shape index (κ3) is 4.10. The quantitative estimate of drug-likeness (QED) is 0.625. The van der Waals surface area contributed by atoms with Crippen LogP contribution in [0.4, 0.5) is 0 Å². The minimum absolute atomic E-state index is 0.0229. The molecule has 7 heteroatoms. The lowest BCUT2D eigenvalue weighted by molar-refractivity contribution is 0.0696. The van der Waals surface area contributed by atoms with E-state index in [9.17, 15) is 13.2 Å². The molecule has 0 aromatic heterocycles. The molecule has 100 valence electrons. The molecular formula is C11H15NO5S. The molecule has 1 rings (SSSR count). The van der Waals surface area contributed by atoms with Crippen molar-refractivity contribution in [3.8, 4) is 0 Å². The Morgan fingerprint density at radius 1 is 1.17 bits per heavy atom. The summed E-state index contributed by atoms with van der Waals surface area (Å²) >= 11 is 0. The summed E-state index contributed by atoms with van der Waals surface area (Å²) in [4.78, 5) is 10.6. The number of carbonyl (C=O) groups is 1. The van der Waals surface area contributed by atoms with Crippen molar-refractivity contribution in [2.45, 2.75) is 17.7 Å². The van der Waals surface area contributed by atoms with Crippen LogP contribution in [0.5, 0.6) is 0 Å². The van der Waals surface area contributed by atoms with Crippen LogP contribution in [-0.2, 0) is 10.0 Å². The number of hydrogen-bond donors (Lipinski definition) is 3. The number of unbranched alkanes of at least 4 members (excludes halogenated alkanes) is 1. The first-order valence-corrected chi connectivity index (χ1v) is 6.89. The van der Waals surface area contributed by atoms with Gasteiger partial charge in [-0.2, -0.15) is 0 Å². The van der Waals surface area contributed by atoms with Gasteiger partial charge in [0.1, 0.15) is 0 Å². The first-order chi connectivity index (χ1) is 8.47. The molecular weight excluding hydrogens is 258 g/mol. The number of carboxylic acid groups (broad SMARTS) is 1. The minimum Gasteiger partial charge on any atom is -0.478 e. The summed E-state index contributed by atoms with van der Waals surface area (Å²) in [5.74, 6) is -1.10. The second-order valence-electron chi connectivity index (χ2n) is 3.66. The number of carboxylic acids is 1. The zero-order valence-electron chi connectivity index (χ0n) is 9.67. The fraction of sp³-hybridized carbons (Fsp3) is 0.364. The summed E-state index contributed by atoms with van der Waals surface area (Å²) in [6, 6.07) is 4.98. The lowest BCUT2D eigenvalue weighted by Gasteiger charge is -2.06. The van der Waals surface area contributed by atoms with Crippen LogP contribution in [0.3, 0.4) is 0 Å². The van der Waals surface area contributed by atoms with E-state index in [-0.39, 0.29) is 23.6 Å². The van der Waals surface area contributed by atoms with Gasteiger partial charge in [-0.3, -0.25) is 0 Å². The second-order valence-corrected chi connectivity index (χ2v) is 5.42. The van der Waals surface area contributed by atoms with Gasteiger partial charge in [-0.1, -0.05) is 0 Å². The van der Waals surface area contributed by atoms with Gasteiger partial charge >= 0.3 is 5.97 Å². The maximum Gasteiger partial charge on any atom is 0.335 e. The maximum absolute atomic E-state index is 11.8. The molecule has 0 aliphatic rings. The Kier molecular flexibility index (Phi) is 5.26. The van der Waals surface area contributed by atoms with Gasteiger partial charge in [0.15, 0.2) is 0 Å². The predicted octanol–water partition coefficient (Wildman–Crippen LogP) is 0.436. The van der Waals surface area contributed by atoms with Crippen LogP contribution in [0.2, 0.25) is 0 Å². The fourth-order valence-electron chi connectivity index (χ4n) is 1.30. The third-order valence-corrected chi connectivity index (χ3v) is 3.77. The van der Waals surface area contributed by atoms with Crippen molar-refractivity contribution in [3.63, 3.8) is 0 Å². The van der Waals surface area contributed by atoms with Crippen LogP contribution in [0.1, 0.15) is 23.2 Å². The highest BCUT2D eigenvalue weighted by molar-refractivity contribution is 7.89. The first kappa shape index (κ1) is 14.6. The molecule has 0 aliphatic carbocycles. The standard InChI is InChI=1S/C11H15NO5S/c13-8-2-1-7-12-18(16,17)10-5-3-9(4-6-10)11(14)15/h3-6,12-13H,1-2,7-8H2,(H,14,15). The molecule has 6 nitrogen and oxygen atoms in total. The van der Waals surface area contributed by atoms with Gasteiger partial charge in [-0.25, -0.2) is 17.9 Å². The average molecular weight is 273 g/mol. The minimum atomic E-state index is -3.61. The second kappa shape index (κ2) is 6.48. The van der Waals surface area contributed by atoms with E-state index in [1.54, 1.807) is 0 Å². The van der Waals surface area contributed by atoms with Crippen LogP contribution < -0.4 is 4.72 Å². The predicted molar refractivity (Wildman–Crippen MR) is 64.9 cm³/mol. The molecule has 0 fully saturated rings. The molecule has 0 heterocycles. The third-order valence-electron chi connectivity index (χ3n) is 2.29. The van der Waals surface area contributed by atoms with Crippen molar-refractivity contribution in [2.24, 2.45) is 0 Å². The SMILES string of the molecule is O=C(O)c1ccc(S(=O)(=O)NCCCCO)cc1. The van der Waals surface area contributed by atoms with E-state index < -0.39 is 16.0 Å². The van der Waals surface area contributed by atoms with Crippen LogP contribution >= 0.6 is 0 Å². The Morgan fingerprint density at radius 2 is 1.78 bits per heavy atom. The molecule has 0 unspecified atom stereocenters. The molecule has 0 aliphatic heterocycles. The number of rotatable bonds is 7. The van der Waals surface area contributed by atoms with Gasteiger partial charge < -0.3 is 10.2 Å². The zero-order valence-corrected chi connectivity index (χ0v) is 10.5. The molecule has 0 saturated heterocycles. The van der Waals surface area contributed by atoms with E-state index in [0.29, 0.717) is 12.8 Å². The number of aliphatic hydroxyl groups is 1. The van der Waals surface area contributed by atoms with Crippen molar-refractivity contribution >= 4 is 16.0 Å². The van der Waals surface area contributed by atoms with Gasteiger partial charge in [-0.15, -0.1) is 0 Å². The number of aliphatic hydroxyl groups excluding tert-OH is 1. The lowest BCUT2D eigenvalue weighted by atomic mass is 10.2. The summed E-state index contributed by atoms with van der Waals surface area (Å²) in [6.45, 7) is 0.263. The lowest BCUT2D eigenvalue weighted by Crippen LogP contribution is -2.25. The van der Waals surface area contributed by atoms with E-state index in [1.165, 1.54) is 24.3 Å². The molecule has 18 heavy (non-hydrogen) atoms. The monoisotopic (exact) mass is 273 g/mol. The number of sulfonamides is 1. The van der Waals surface area contributed by atoms with Crippen LogP contribution in [0.25, 0.3) is 0 Å². The molecule has 0 spiro atoms. The number of aromatic carboxylic acids is 1. The first-order valence-electron chi connectivity index (χ1n) is 5.41. The highest BCUT2D eigenvalue weighted by Gasteiger charge is 2.13. The zero-order chi connectivity index (χ0) is 13.6. The van der Waals surface area contributed by atoms with Gasteiger partial charge in [0, 0.05) is 13.2 Å². The van der Waals surface area contributed by atoms with E-state index in [0.717, 1.165) is 0 Å². The highest BCUT2D eigenvalue weighted by Crippen LogP contribution is 2.10. The Hall–Kier alpha value is -1.44. The highest BCUT2D eigenvalue weighted by atomic mass is 32.2. The van der Waals surface area contributed by atoms with E-state index >= 15 is 0 Å². The normalized spacial score (nSPS) is 11.4. The Balaban J connectivity index is 2.70. The Bertz CT molecular complexity index is 495. The van der Waals surface area contributed by atoms with Crippen molar-refractivity contribution in [1.29, 1.82) is 0 Å². The molecule has 0 saturated carbocycles. The van der Waals surface area contributed by atoms with Gasteiger partial charge in [-0.05, 0) is 37.1 Å². The summed E-state index contributed by atoms with van der Waals surface area (Å²) in [5.41, 5.74) is 0.0363. The summed E-state index contributed by atoms with van der Waals surface area (Å²) in [6.07, 6.45) is 1.07. The average Bonchev–Trinajstić information content (AvgIpc) is 2.35. The van der Waals surface area contributed by atoms with Crippen LogP contribution in [0.15, 0.2) is 29.2 Å². The van der Waals surface area contributed by atoms with Crippen molar-refractivity contribution in [2.75, 3.05) is 13.2 Å². The van der Waals surface area contributed by atoms with Crippen molar-refractivity contribution < 1.29 is 23.4 Å².